The highest BCUT2D eigenvalue weighted by atomic mass is 35.5. The second kappa shape index (κ2) is 12.2. The number of hydrogen-bond acceptors (Lipinski definition) is 5. The summed E-state index contributed by atoms with van der Waals surface area (Å²) in [6.45, 7) is 2.28. The van der Waals surface area contributed by atoms with Crippen molar-refractivity contribution >= 4 is 39.8 Å². The first kappa shape index (κ1) is 25.9. The highest BCUT2D eigenvalue weighted by Gasteiger charge is 2.34. The lowest BCUT2D eigenvalue weighted by molar-refractivity contribution is -0.146. The molecule has 0 spiro atoms. The van der Waals surface area contributed by atoms with E-state index >= 15 is 4.39 Å². The van der Waals surface area contributed by atoms with E-state index in [1.165, 1.54) is 4.88 Å². The van der Waals surface area contributed by atoms with Crippen LogP contribution in [0.15, 0.2) is 41.9 Å². The number of methoxy groups -OCH3 is 1. The Hall–Kier alpha value is -2.22. The summed E-state index contributed by atoms with van der Waals surface area (Å²) in [6, 6.07) is 9.10. The third kappa shape index (κ3) is 6.51. The van der Waals surface area contributed by atoms with E-state index in [1.807, 2.05) is 29.6 Å². The van der Waals surface area contributed by atoms with Gasteiger partial charge in [-0.2, -0.15) is 0 Å². The lowest BCUT2D eigenvalue weighted by Crippen LogP contribution is -2.44. The van der Waals surface area contributed by atoms with Crippen LogP contribution < -0.4 is 4.74 Å². The number of pyridine rings is 1. The maximum atomic E-state index is 15.4. The van der Waals surface area contributed by atoms with Crippen LogP contribution in [0.2, 0.25) is 5.02 Å². The van der Waals surface area contributed by atoms with Gasteiger partial charge in [0.2, 0.25) is 0 Å². The molecule has 2 aromatic heterocycles. The van der Waals surface area contributed by atoms with Gasteiger partial charge in [-0.1, -0.05) is 11.6 Å². The van der Waals surface area contributed by atoms with Crippen molar-refractivity contribution in [1.82, 2.24) is 9.88 Å². The van der Waals surface area contributed by atoms with Crippen LogP contribution in [-0.4, -0.2) is 47.7 Å². The molecule has 5 nitrogen and oxygen atoms in total. The second-order valence-corrected chi connectivity index (χ2v) is 10.7. The molecule has 0 unspecified atom stereocenters. The highest BCUT2D eigenvalue weighted by Crippen LogP contribution is 2.35. The summed E-state index contributed by atoms with van der Waals surface area (Å²) in [7, 11) is 1.59. The van der Waals surface area contributed by atoms with E-state index in [1.54, 1.807) is 30.7 Å². The summed E-state index contributed by atoms with van der Waals surface area (Å²) in [5.41, 5.74) is 1.31. The molecule has 1 fully saturated rings. The van der Waals surface area contributed by atoms with Gasteiger partial charge in [-0.3, -0.25) is 9.78 Å². The monoisotopic (exact) mass is 518 g/mol. The number of carboxylic acids is 1. The van der Waals surface area contributed by atoms with Gasteiger partial charge in [0, 0.05) is 23.0 Å². The van der Waals surface area contributed by atoms with Crippen molar-refractivity contribution in [3.05, 3.63) is 57.4 Å². The number of halogens is 2. The average molecular weight is 519 g/mol. The summed E-state index contributed by atoms with van der Waals surface area (Å²) in [5, 5.41) is 13.5. The quantitative estimate of drug-likeness (QED) is 0.283. The van der Waals surface area contributed by atoms with Gasteiger partial charge in [-0.15, -0.1) is 11.3 Å². The van der Waals surface area contributed by atoms with Gasteiger partial charge in [-0.05, 0) is 98.8 Å². The Labute approximate surface area is 214 Å². The number of nitrogens with zero attached hydrogens (tertiary/aromatic N) is 2. The van der Waals surface area contributed by atoms with Crippen LogP contribution in [-0.2, 0) is 11.2 Å². The summed E-state index contributed by atoms with van der Waals surface area (Å²) in [4.78, 5) is 19.8. The van der Waals surface area contributed by atoms with Gasteiger partial charge in [-0.25, -0.2) is 4.39 Å². The molecule has 0 saturated carbocycles. The Balaban J connectivity index is 1.30. The summed E-state index contributed by atoms with van der Waals surface area (Å²) < 4.78 is 20.7. The van der Waals surface area contributed by atoms with E-state index in [-0.39, 0.29) is 5.92 Å². The SMILES string of the molecule is COc1ccc2nccc([C@@H](F)CC[C@@H]3CCN(CCCCc4sccc4Cl)C[C@@H]3C(=O)O)c2c1. The summed E-state index contributed by atoms with van der Waals surface area (Å²) in [5.74, 6) is -0.596. The minimum absolute atomic E-state index is 0.0189. The number of aliphatic carboxylic acids is 1. The van der Waals surface area contributed by atoms with E-state index < -0.39 is 18.1 Å². The Morgan fingerprint density at radius 3 is 2.94 bits per heavy atom. The Kier molecular flexibility index (Phi) is 8.98. The molecule has 3 heterocycles. The molecular formula is C27H32ClFN2O3S. The lowest BCUT2D eigenvalue weighted by atomic mass is 9.81. The largest absolute Gasteiger partial charge is 0.497 e. The summed E-state index contributed by atoms with van der Waals surface area (Å²) in [6.07, 6.45) is 5.09. The van der Waals surface area contributed by atoms with Gasteiger partial charge < -0.3 is 14.7 Å². The molecule has 8 heteroatoms. The van der Waals surface area contributed by atoms with Crippen LogP contribution in [0.4, 0.5) is 4.39 Å². The number of aromatic nitrogens is 1. The number of fused-ring (bicyclic) bond motifs is 1. The Morgan fingerprint density at radius 1 is 1.34 bits per heavy atom. The molecule has 1 aromatic carbocycles. The number of ether oxygens (including phenoxy) is 1. The number of rotatable bonds is 11. The minimum Gasteiger partial charge on any atom is -0.497 e. The number of thiophene rings is 1. The van der Waals surface area contributed by atoms with E-state index in [4.69, 9.17) is 16.3 Å². The summed E-state index contributed by atoms with van der Waals surface area (Å²) >= 11 is 7.85. The molecule has 3 aromatic rings. The number of carboxylic acid groups (broad SMARTS) is 1. The molecule has 3 atom stereocenters. The number of hydrogen-bond donors (Lipinski definition) is 1. The van der Waals surface area contributed by atoms with E-state index in [0.717, 1.165) is 54.7 Å². The third-order valence-electron chi connectivity index (χ3n) is 7.09. The van der Waals surface area contributed by atoms with Crippen LogP contribution >= 0.6 is 22.9 Å². The number of aryl methyl sites for hydroxylation is 1. The van der Waals surface area contributed by atoms with Crippen LogP contribution in [0.25, 0.3) is 10.9 Å². The van der Waals surface area contributed by atoms with Gasteiger partial charge >= 0.3 is 5.97 Å². The maximum absolute atomic E-state index is 15.4. The molecule has 4 rings (SSSR count). The fourth-order valence-electron chi connectivity index (χ4n) is 5.08. The number of unbranched alkanes of at least 4 members (excludes halogenated alkanes) is 1. The van der Waals surface area contributed by atoms with E-state index in [2.05, 4.69) is 9.88 Å². The van der Waals surface area contributed by atoms with Crippen molar-refractivity contribution < 1.29 is 19.0 Å². The zero-order valence-corrected chi connectivity index (χ0v) is 21.5. The molecule has 1 N–H and O–H groups in total. The molecule has 0 bridgehead atoms. The third-order valence-corrected chi connectivity index (χ3v) is 8.53. The zero-order valence-electron chi connectivity index (χ0n) is 20.0. The van der Waals surface area contributed by atoms with Crippen LogP contribution in [0.1, 0.15) is 48.7 Å². The molecule has 0 radical (unpaired) electrons. The topological polar surface area (TPSA) is 62.7 Å². The predicted molar refractivity (Wildman–Crippen MR) is 139 cm³/mol. The van der Waals surface area contributed by atoms with Crippen LogP contribution in [0, 0.1) is 11.8 Å². The number of likely N-dealkylation sites (tertiary alicyclic amines) is 1. The van der Waals surface area contributed by atoms with E-state index in [9.17, 15) is 9.90 Å². The minimum atomic E-state index is -1.18. The number of benzene rings is 1. The number of carbonyl (C=O) groups is 1. The molecule has 1 aliphatic heterocycles. The predicted octanol–water partition coefficient (Wildman–Crippen LogP) is 6.79. The highest BCUT2D eigenvalue weighted by molar-refractivity contribution is 7.10. The van der Waals surface area contributed by atoms with Crippen molar-refractivity contribution in [2.75, 3.05) is 26.7 Å². The van der Waals surface area contributed by atoms with E-state index in [0.29, 0.717) is 30.7 Å². The first-order valence-electron chi connectivity index (χ1n) is 12.2. The number of piperidine rings is 1. The first-order valence-corrected chi connectivity index (χ1v) is 13.5. The van der Waals surface area contributed by atoms with Crippen molar-refractivity contribution in [2.24, 2.45) is 11.8 Å². The molecule has 1 saturated heterocycles. The smallest absolute Gasteiger partial charge is 0.308 e. The van der Waals surface area contributed by atoms with Crippen molar-refractivity contribution in [3.63, 3.8) is 0 Å². The van der Waals surface area contributed by atoms with Gasteiger partial charge in [0.15, 0.2) is 0 Å². The van der Waals surface area contributed by atoms with Crippen LogP contribution in [0.5, 0.6) is 5.75 Å². The molecule has 0 aliphatic carbocycles. The zero-order chi connectivity index (χ0) is 24.8. The van der Waals surface area contributed by atoms with Gasteiger partial charge in [0.25, 0.3) is 0 Å². The molecular weight excluding hydrogens is 487 g/mol. The van der Waals surface area contributed by atoms with Crippen LogP contribution in [0.3, 0.4) is 0 Å². The van der Waals surface area contributed by atoms with Crippen molar-refractivity contribution in [3.8, 4) is 5.75 Å². The molecule has 0 amide bonds. The standard InChI is InChI=1S/C27H32ClFN2O3S/c1-34-19-6-8-25-21(16-19)20(9-12-30-25)24(29)7-5-18-10-14-31(17-22(18)27(32)33)13-3-2-4-26-23(28)11-15-35-26/h6,8-9,11-12,15-16,18,22,24H,2-5,7,10,13-14,17H2,1H3,(H,32,33)/t18-,22+,24+/m1/s1. The molecule has 35 heavy (non-hydrogen) atoms. The lowest BCUT2D eigenvalue weighted by Gasteiger charge is -2.37. The normalized spacial score (nSPS) is 19.6. The average Bonchev–Trinajstić information content (AvgIpc) is 3.29. The maximum Gasteiger partial charge on any atom is 0.308 e. The van der Waals surface area contributed by atoms with Gasteiger partial charge in [0.05, 0.1) is 23.6 Å². The Bertz CT molecular complexity index is 1140. The molecule has 188 valence electrons. The fourth-order valence-corrected chi connectivity index (χ4v) is 6.26. The molecule has 1 aliphatic rings. The van der Waals surface area contributed by atoms with Crippen molar-refractivity contribution in [1.29, 1.82) is 0 Å². The van der Waals surface area contributed by atoms with Crippen molar-refractivity contribution in [2.45, 2.75) is 44.7 Å². The second-order valence-electron chi connectivity index (χ2n) is 9.27. The fraction of sp³-hybridized carbons (Fsp3) is 0.481. The first-order chi connectivity index (χ1) is 17.0. The van der Waals surface area contributed by atoms with Gasteiger partial charge in [0.1, 0.15) is 11.9 Å². The number of alkyl halides is 1. The Morgan fingerprint density at radius 2 is 2.20 bits per heavy atom.